The van der Waals surface area contributed by atoms with Gasteiger partial charge in [-0.3, -0.25) is 9.59 Å². The second-order valence-corrected chi connectivity index (χ2v) is 11.6. The van der Waals surface area contributed by atoms with Crippen molar-refractivity contribution in [3.63, 3.8) is 0 Å². The predicted octanol–water partition coefficient (Wildman–Crippen LogP) is 8.83. The highest BCUT2D eigenvalue weighted by Crippen LogP contribution is 2.46. The summed E-state index contributed by atoms with van der Waals surface area (Å²) in [6.07, 6.45) is 0. The highest BCUT2D eigenvalue weighted by Gasteiger charge is 2.26. The van der Waals surface area contributed by atoms with E-state index in [2.05, 4.69) is 10.6 Å². The molecule has 8 heteroatoms. The van der Waals surface area contributed by atoms with Gasteiger partial charge in [0, 0.05) is 32.4 Å². The van der Waals surface area contributed by atoms with Gasteiger partial charge in [-0.25, -0.2) is 0 Å². The van der Waals surface area contributed by atoms with Crippen molar-refractivity contribution >= 4 is 78.2 Å². The Balaban J connectivity index is 1.45. The van der Waals surface area contributed by atoms with E-state index in [1.807, 2.05) is 61.5 Å². The third-order valence-electron chi connectivity index (χ3n) is 5.95. The maximum atomic E-state index is 13.4. The monoisotopic (exact) mass is 564 g/mol. The number of ketones is 2. The average Bonchev–Trinajstić information content (AvgIpc) is 3.45. The summed E-state index contributed by atoms with van der Waals surface area (Å²) < 4.78 is 0.973. The Morgan fingerprint density at radius 1 is 0.703 bits per heavy atom. The molecule has 37 heavy (non-hydrogen) atoms. The molecule has 0 radical (unpaired) electrons. The Kier molecular flexibility index (Phi) is 7.63. The third-order valence-corrected chi connectivity index (χ3v) is 9.11. The molecule has 0 saturated heterocycles. The molecule has 0 aliphatic heterocycles. The van der Waals surface area contributed by atoms with Crippen LogP contribution >= 0.6 is 45.9 Å². The van der Waals surface area contributed by atoms with Crippen LogP contribution in [0.3, 0.4) is 0 Å². The second kappa shape index (κ2) is 11.1. The van der Waals surface area contributed by atoms with Crippen LogP contribution in [0.25, 0.3) is 20.5 Å². The molecule has 5 rings (SSSR count). The van der Waals surface area contributed by atoms with Crippen molar-refractivity contribution in [2.24, 2.45) is 0 Å². The molecule has 0 fully saturated rings. The Bertz CT molecular complexity index is 1570. The maximum absolute atomic E-state index is 13.4. The van der Waals surface area contributed by atoms with Gasteiger partial charge in [-0.15, -0.1) is 22.7 Å². The zero-order valence-electron chi connectivity index (χ0n) is 19.8. The van der Waals surface area contributed by atoms with Crippen LogP contribution in [-0.2, 0) is 0 Å². The van der Waals surface area contributed by atoms with E-state index < -0.39 is 0 Å². The summed E-state index contributed by atoms with van der Waals surface area (Å²) in [5, 5.41) is 8.64. The SMILES string of the molecule is Cc1c(C(=O)CNc2ccc(Cl)cc2)sc2sc(C(=O)CNc3ccc(Cl)cc3)c(-c3ccccc3)c12. The molecule has 2 N–H and O–H groups in total. The fraction of sp³-hybridized carbons (Fsp3) is 0.103. The predicted molar refractivity (Wildman–Crippen MR) is 158 cm³/mol. The summed E-state index contributed by atoms with van der Waals surface area (Å²) in [5.41, 5.74) is 4.42. The molecule has 0 aliphatic rings. The Hall–Kier alpha value is -3.16. The molecule has 0 saturated carbocycles. The fourth-order valence-electron chi connectivity index (χ4n) is 4.11. The van der Waals surface area contributed by atoms with Gasteiger partial charge in [0.25, 0.3) is 0 Å². The van der Waals surface area contributed by atoms with E-state index in [0.29, 0.717) is 19.8 Å². The lowest BCUT2D eigenvalue weighted by molar-refractivity contribution is 0.100. The number of halogens is 2. The topological polar surface area (TPSA) is 58.2 Å². The molecule has 5 aromatic rings. The van der Waals surface area contributed by atoms with Gasteiger partial charge in [0.05, 0.1) is 26.9 Å². The summed E-state index contributed by atoms with van der Waals surface area (Å²) in [6.45, 7) is 2.30. The van der Waals surface area contributed by atoms with Crippen LogP contribution < -0.4 is 10.6 Å². The molecule has 3 aromatic carbocycles. The third kappa shape index (κ3) is 5.58. The van der Waals surface area contributed by atoms with Crippen LogP contribution in [-0.4, -0.2) is 24.7 Å². The number of anilines is 2. The number of nitrogens with one attached hydrogen (secondary N) is 2. The number of hydrogen-bond donors (Lipinski definition) is 2. The van der Waals surface area contributed by atoms with Gasteiger partial charge in [0.2, 0.25) is 0 Å². The standard InChI is InChI=1S/C29H22Cl2N2O2S2/c1-17-25-26(18-5-3-2-4-6-18)28(24(35)16-33-22-13-9-20(31)10-14-22)37-29(25)36-27(17)23(34)15-32-21-11-7-19(30)8-12-21/h2-14,32-33H,15-16H2,1H3. The highest BCUT2D eigenvalue weighted by atomic mass is 35.5. The van der Waals surface area contributed by atoms with Crippen molar-refractivity contribution in [1.82, 2.24) is 0 Å². The molecule has 0 spiro atoms. The quantitative estimate of drug-likeness (QED) is 0.175. The number of thiophene rings is 2. The summed E-state index contributed by atoms with van der Waals surface area (Å²) in [7, 11) is 0. The average molecular weight is 566 g/mol. The largest absolute Gasteiger partial charge is 0.378 e. The number of rotatable bonds is 9. The van der Waals surface area contributed by atoms with Crippen molar-refractivity contribution in [2.75, 3.05) is 23.7 Å². The van der Waals surface area contributed by atoms with Gasteiger partial charge in [-0.1, -0.05) is 53.5 Å². The fourth-order valence-corrected chi connectivity index (χ4v) is 7.06. The number of aryl methyl sites for hydroxylation is 1. The Morgan fingerprint density at radius 2 is 1.19 bits per heavy atom. The lowest BCUT2D eigenvalue weighted by atomic mass is 9.99. The van der Waals surface area contributed by atoms with Gasteiger partial charge in [-0.05, 0) is 66.6 Å². The first-order valence-corrected chi connectivity index (χ1v) is 14.0. The van der Waals surface area contributed by atoms with Gasteiger partial charge < -0.3 is 10.6 Å². The van der Waals surface area contributed by atoms with Crippen LogP contribution in [0.15, 0.2) is 78.9 Å². The first-order chi connectivity index (χ1) is 17.9. The first kappa shape index (κ1) is 25.5. The highest BCUT2D eigenvalue weighted by molar-refractivity contribution is 7.40. The smallest absolute Gasteiger partial charge is 0.192 e. The summed E-state index contributed by atoms with van der Waals surface area (Å²) >= 11 is 14.8. The summed E-state index contributed by atoms with van der Waals surface area (Å²) in [5.74, 6) is 0.0102. The van der Waals surface area contributed by atoms with E-state index in [9.17, 15) is 9.59 Å². The van der Waals surface area contributed by atoms with Gasteiger partial charge in [0.1, 0.15) is 0 Å². The number of carbonyl (C=O) groups is 2. The molecular weight excluding hydrogens is 543 g/mol. The Morgan fingerprint density at radius 3 is 1.73 bits per heavy atom. The molecule has 4 nitrogen and oxygen atoms in total. The van der Waals surface area contributed by atoms with Crippen LogP contribution in [0.5, 0.6) is 0 Å². The van der Waals surface area contributed by atoms with E-state index in [-0.39, 0.29) is 24.7 Å². The molecular formula is C29H22Cl2N2O2S2. The summed E-state index contributed by atoms with van der Waals surface area (Å²) in [6, 6.07) is 24.4. The van der Waals surface area contributed by atoms with Gasteiger partial charge >= 0.3 is 0 Å². The van der Waals surface area contributed by atoms with Gasteiger partial charge in [0.15, 0.2) is 11.6 Å². The molecule has 2 heterocycles. The van der Waals surface area contributed by atoms with Crippen molar-refractivity contribution in [1.29, 1.82) is 0 Å². The van der Waals surface area contributed by atoms with E-state index in [1.165, 1.54) is 22.7 Å². The van der Waals surface area contributed by atoms with E-state index >= 15 is 0 Å². The molecule has 0 bridgehead atoms. The molecule has 0 amide bonds. The molecule has 0 atom stereocenters. The zero-order chi connectivity index (χ0) is 25.9. The van der Waals surface area contributed by atoms with Gasteiger partial charge in [-0.2, -0.15) is 0 Å². The minimum atomic E-state index is -0.00103. The number of Topliss-reactive ketones (excluding diaryl/α,β-unsaturated/α-hetero) is 2. The lowest BCUT2D eigenvalue weighted by Gasteiger charge is -2.09. The summed E-state index contributed by atoms with van der Waals surface area (Å²) in [4.78, 5) is 28.0. The number of benzene rings is 3. The zero-order valence-corrected chi connectivity index (χ0v) is 23.0. The lowest BCUT2D eigenvalue weighted by Crippen LogP contribution is -2.14. The first-order valence-electron chi connectivity index (χ1n) is 11.6. The maximum Gasteiger partial charge on any atom is 0.192 e. The minimum Gasteiger partial charge on any atom is -0.378 e. The normalized spacial score (nSPS) is 11.0. The van der Waals surface area contributed by atoms with E-state index in [1.54, 1.807) is 24.3 Å². The molecule has 0 aliphatic carbocycles. The minimum absolute atomic E-state index is 0.00103. The molecule has 2 aromatic heterocycles. The van der Waals surface area contributed by atoms with Crippen molar-refractivity contribution < 1.29 is 9.59 Å². The number of hydrogen-bond acceptors (Lipinski definition) is 6. The number of fused-ring (bicyclic) bond motifs is 1. The van der Waals surface area contributed by atoms with Crippen LogP contribution in [0.2, 0.25) is 10.0 Å². The second-order valence-electron chi connectivity index (χ2n) is 8.46. The van der Waals surface area contributed by atoms with E-state index in [4.69, 9.17) is 23.2 Å². The molecule has 0 unspecified atom stereocenters. The van der Waals surface area contributed by atoms with Crippen molar-refractivity contribution in [3.05, 3.63) is 104 Å². The molecule has 186 valence electrons. The van der Waals surface area contributed by atoms with E-state index in [0.717, 1.165) is 37.5 Å². The van der Waals surface area contributed by atoms with Crippen LogP contribution in [0.1, 0.15) is 24.9 Å². The van der Waals surface area contributed by atoms with Crippen LogP contribution in [0, 0.1) is 6.92 Å². The Labute approximate surface area is 232 Å². The van der Waals surface area contributed by atoms with Crippen LogP contribution in [0.4, 0.5) is 11.4 Å². The van der Waals surface area contributed by atoms with Crippen molar-refractivity contribution in [2.45, 2.75) is 6.92 Å². The van der Waals surface area contributed by atoms with Crippen molar-refractivity contribution in [3.8, 4) is 11.1 Å². The number of carbonyl (C=O) groups excluding carboxylic acids is 2.